The summed E-state index contributed by atoms with van der Waals surface area (Å²) in [6, 6.07) is 9.58. The number of nitriles is 1. The summed E-state index contributed by atoms with van der Waals surface area (Å²) in [5.74, 6) is 0.724. The van der Waals surface area contributed by atoms with Crippen LogP contribution in [0, 0.1) is 11.3 Å². The van der Waals surface area contributed by atoms with Gasteiger partial charge in [0.2, 0.25) is 0 Å². The van der Waals surface area contributed by atoms with Crippen molar-refractivity contribution in [2.75, 3.05) is 20.3 Å². The van der Waals surface area contributed by atoms with E-state index >= 15 is 0 Å². The van der Waals surface area contributed by atoms with E-state index in [1.54, 1.807) is 7.11 Å². The van der Waals surface area contributed by atoms with Crippen molar-refractivity contribution in [3.63, 3.8) is 0 Å². The maximum Gasteiger partial charge on any atom is 0.154 e. The molecule has 3 nitrogen and oxygen atoms in total. The van der Waals surface area contributed by atoms with Crippen molar-refractivity contribution in [1.29, 1.82) is 5.26 Å². The third-order valence-corrected chi connectivity index (χ3v) is 2.28. The topological polar surface area (TPSA) is 42.2 Å². The zero-order valence-corrected chi connectivity index (χ0v) is 9.91. The van der Waals surface area contributed by atoms with Gasteiger partial charge >= 0.3 is 0 Å². The quantitative estimate of drug-likeness (QED) is 0.716. The lowest BCUT2D eigenvalue weighted by Crippen LogP contribution is -2.09. The van der Waals surface area contributed by atoms with E-state index in [0.29, 0.717) is 6.61 Å². The molecule has 0 aliphatic rings. The van der Waals surface area contributed by atoms with Crippen molar-refractivity contribution in [3.05, 3.63) is 29.8 Å². The zero-order chi connectivity index (χ0) is 11.8. The maximum atomic E-state index is 8.48. The minimum Gasteiger partial charge on any atom is -0.491 e. The fourth-order valence-electron chi connectivity index (χ4n) is 1.18. The van der Waals surface area contributed by atoms with E-state index in [9.17, 15) is 0 Å². The van der Waals surface area contributed by atoms with E-state index in [1.165, 1.54) is 5.56 Å². The lowest BCUT2D eigenvalue weighted by atomic mass is 10.1. The van der Waals surface area contributed by atoms with Gasteiger partial charge in [-0.15, -0.1) is 11.6 Å². The van der Waals surface area contributed by atoms with Crippen molar-refractivity contribution in [2.45, 2.75) is 11.8 Å². The van der Waals surface area contributed by atoms with Gasteiger partial charge in [0.25, 0.3) is 0 Å². The lowest BCUT2D eigenvalue weighted by Gasteiger charge is -2.07. The van der Waals surface area contributed by atoms with Gasteiger partial charge in [0.15, 0.2) is 5.38 Å². The minimum absolute atomic E-state index is 0.204. The molecule has 1 aromatic rings. The summed E-state index contributed by atoms with van der Waals surface area (Å²) in [6.45, 7) is 0.911. The van der Waals surface area contributed by atoms with Crippen LogP contribution in [0.2, 0.25) is 0 Å². The molecule has 0 saturated heterocycles. The summed E-state index contributed by atoms with van der Waals surface area (Å²) >= 11 is 5.61. The van der Waals surface area contributed by atoms with E-state index in [4.69, 9.17) is 26.3 Å². The predicted octanol–water partition coefficient (Wildman–Crippen LogP) is 2.39. The van der Waals surface area contributed by atoms with Gasteiger partial charge < -0.3 is 9.47 Å². The van der Waals surface area contributed by atoms with E-state index in [0.717, 1.165) is 12.2 Å². The number of hydrogen-bond acceptors (Lipinski definition) is 3. The molecule has 0 aliphatic carbocycles. The molecule has 16 heavy (non-hydrogen) atoms. The highest BCUT2D eigenvalue weighted by Gasteiger charge is 2.02. The molecule has 4 heteroatoms. The number of hydrogen-bond donors (Lipinski definition) is 0. The summed E-state index contributed by atoms with van der Waals surface area (Å²) in [5, 5.41) is 7.87. The molecular formula is C12H14ClNO2. The number of benzene rings is 1. The molecule has 0 amide bonds. The second-order valence-electron chi connectivity index (χ2n) is 3.29. The van der Waals surface area contributed by atoms with Crippen molar-refractivity contribution in [2.24, 2.45) is 0 Å². The van der Waals surface area contributed by atoms with E-state index < -0.39 is 5.38 Å². The highest BCUT2D eigenvalue weighted by Crippen LogP contribution is 2.13. The molecule has 0 heterocycles. The van der Waals surface area contributed by atoms with E-state index in [2.05, 4.69) is 0 Å². The van der Waals surface area contributed by atoms with Crippen molar-refractivity contribution < 1.29 is 9.47 Å². The average Bonchev–Trinajstić information content (AvgIpc) is 2.34. The van der Waals surface area contributed by atoms with Gasteiger partial charge in [0, 0.05) is 7.11 Å². The molecule has 1 atom stereocenters. The van der Waals surface area contributed by atoms with Crippen molar-refractivity contribution in [3.8, 4) is 11.8 Å². The summed E-state index contributed by atoms with van der Waals surface area (Å²) in [6.07, 6.45) is 0.882. The molecule has 0 saturated carbocycles. The maximum absolute atomic E-state index is 8.48. The Labute approximate surface area is 101 Å². The van der Waals surface area contributed by atoms with Crippen LogP contribution in [-0.4, -0.2) is 25.7 Å². The highest BCUT2D eigenvalue weighted by molar-refractivity contribution is 6.22. The Bertz CT molecular complexity index is 345. The normalized spacial score (nSPS) is 11.8. The van der Waals surface area contributed by atoms with Gasteiger partial charge in [-0.2, -0.15) is 5.26 Å². The molecule has 1 aromatic carbocycles. The Morgan fingerprint density at radius 2 is 2.06 bits per heavy atom. The molecule has 1 rings (SSSR count). The first-order chi connectivity index (χ1) is 7.76. The molecule has 0 radical (unpaired) electrons. The Kier molecular flexibility index (Phi) is 5.69. The lowest BCUT2D eigenvalue weighted by molar-refractivity contribution is 0.202. The summed E-state index contributed by atoms with van der Waals surface area (Å²) in [4.78, 5) is 0. The Hall–Kier alpha value is -1.24. The molecule has 0 spiro atoms. The average molecular weight is 240 g/mol. The SMILES string of the molecule is COCCc1ccc(OCC(Cl)C#N)cc1. The largest absolute Gasteiger partial charge is 0.491 e. The van der Waals surface area contributed by atoms with Gasteiger partial charge in [0.1, 0.15) is 12.4 Å². The Balaban J connectivity index is 2.42. The molecule has 1 unspecified atom stereocenters. The summed E-state index contributed by atoms with van der Waals surface area (Å²) in [5.41, 5.74) is 1.19. The Morgan fingerprint density at radius 3 is 2.62 bits per heavy atom. The monoisotopic (exact) mass is 239 g/mol. The molecule has 0 aromatic heterocycles. The van der Waals surface area contributed by atoms with Crippen LogP contribution in [-0.2, 0) is 11.2 Å². The second kappa shape index (κ2) is 7.10. The number of ether oxygens (including phenoxy) is 2. The highest BCUT2D eigenvalue weighted by atomic mass is 35.5. The van der Waals surface area contributed by atoms with E-state index in [-0.39, 0.29) is 6.61 Å². The van der Waals surface area contributed by atoms with Crippen LogP contribution in [0.15, 0.2) is 24.3 Å². The van der Waals surface area contributed by atoms with Gasteiger partial charge in [-0.3, -0.25) is 0 Å². The number of methoxy groups -OCH3 is 1. The molecule has 0 N–H and O–H groups in total. The van der Waals surface area contributed by atoms with Crippen LogP contribution in [0.3, 0.4) is 0 Å². The van der Waals surface area contributed by atoms with Crippen LogP contribution in [0.25, 0.3) is 0 Å². The molecule has 0 aliphatic heterocycles. The second-order valence-corrected chi connectivity index (χ2v) is 3.82. The zero-order valence-electron chi connectivity index (χ0n) is 9.15. The van der Waals surface area contributed by atoms with Gasteiger partial charge in [-0.25, -0.2) is 0 Å². The number of rotatable bonds is 6. The number of nitrogens with zero attached hydrogens (tertiary/aromatic N) is 1. The smallest absolute Gasteiger partial charge is 0.154 e. The molecule has 0 bridgehead atoms. The van der Waals surface area contributed by atoms with Crippen LogP contribution >= 0.6 is 11.6 Å². The third-order valence-electron chi connectivity index (χ3n) is 2.05. The fraction of sp³-hybridized carbons (Fsp3) is 0.417. The minimum atomic E-state index is -0.604. The number of alkyl halides is 1. The van der Waals surface area contributed by atoms with Crippen LogP contribution in [0.4, 0.5) is 0 Å². The van der Waals surface area contributed by atoms with Gasteiger partial charge in [-0.05, 0) is 24.1 Å². The van der Waals surface area contributed by atoms with Crippen LogP contribution in [0.1, 0.15) is 5.56 Å². The van der Waals surface area contributed by atoms with Crippen molar-refractivity contribution >= 4 is 11.6 Å². The first-order valence-electron chi connectivity index (χ1n) is 5.00. The molecule has 86 valence electrons. The first kappa shape index (κ1) is 12.8. The third kappa shape index (κ3) is 4.52. The van der Waals surface area contributed by atoms with Gasteiger partial charge in [0.05, 0.1) is 12.7 Å². The summed E-state index contributed by atoms with van der Waals surface area (Å²) in [7, 11) is 1.68. The number of halogens is 1. The van der Waals surface area contributed by atoms with Crippen LogP contribution < -0.4 is 4.74 Å². The molecule has 0 fully saturated rings. The predicted molar refractivity (Wildman–Crippen MR) is 62.8 cm³/mol. The Morgan fingerprint density at radius 1 is 1.38 bits per heavy atom. The van der Waals surface area contributed by atoms with Crippen molar-refractivity contribution in [1.82, 2.24) is 0 Å². The van der Waals surface area contributed by atoms with Gasteiger partial charge in [-0.1, -0.05) is 12.1 Å². The summed E-state index contributed by atoms with van der Waals surface area (Å²) < 4.78 is 10.3. The fourth-order valence-corrected chi connectivity index (χ4v) is 1.24. The first-order valence-corrected chi connectivity index (χ1v) is 5.44. The standard InChI is InChI=1S/C12H14ClNO2/c1-15-7-6-10-2-4-12(5-3-10)16-9-11(13)8-14/h2-5,11H,6-7,9H2,1H3. The van der Waals surface area contributed by atoms with E-state index in [1.807, 2.05) is 30.3 Å². The molecular weight excluding hydrogens is 226 g/mol. The van der Waals surface area contributed by atoms with Crippen LogP contribution in [0.5, 0.6) is 5.75 Å².